The second kappa shape index (κ2) is 11.5. The molecule has 194 valence electrons. The van der Waals surface area contributed by atoms with Gasteiger partial charge in [-0.25, -0.2) is 0 Å². The van der Waals surface area contributed by atoms with Crippen LogP contribution in [0.3, 0.4) is 0 Å². The summed E-state index contributed by atoms with van der Waals surface area (Å²) in [5.41, 5.74) is 11.3. The first kappa shape index (κ1) is 25.4. The molecule has 7 nitrogen and oxygen atoms in total. The normalized spacial score (nSPS) is 17.6. The smallest absolute Gasteiger partial charge is 0.246 e. The molecule has 1 amide bonds. The maximum absolute atomic E-state index is 13.4. The number of nitrogens with two attached hydrogens (primary N) is 1. The molecule has 2 fully saturated rings. The van der Waals surface area contributed by atoms with Gasteiger partial charge in [-0.3, -0.25) is 15.1 Å². The van der Waals surface area contributed by atoms with Crippen LogP contribution in [0.4, 0.5) is 17.1 Å². The maximum atomic E-state index is 13.4. The number of aliphatic hydroxyl groups is 1. The summed E-state index contributed by atoms with van der Waals surface area (Å²) in [7, 11) is 0. The summed E-state index contributed by atoms with van der Waals surface area (Å²) in [6, 6.07) is 15.1. The van der Waals surface area contributed by atoms with E-state index in [2.05, 4.69) is 15.1 Å². The lowest BCUT2D eigenvalue weighted by molar-refractivity contribution is -0.121. The molecule has 0 radical (unpaired) electrons. The number of hydrogen-bond donors (Lipinski definition) is 4. The number of carbonyl (C=O) groups excluding carboxylic acids is 1. The second-order valence-corrected chi connectivity index (χ2v) is 10.8. The number of piperidine rings is 1. The number of amides is 1. The zero-order chi connectivity index (χ0) is 25.8. The summed E-state index contributed by atoms with van der Waals surface area (Å²) in [5.74, 6) is 0.340. The van der Waals surface area contributed by atoms with Crippen LogP contribution >= 0.6 is 11.3 Å². The van der Waals surface area contributed by atoms with Crippen LogP contribution in [0.2, 0.25) is 0 Å². The van der Waals surface area contributed by atoms with Crippen molar-refractivity contribution in [3.05, 3.63) is 76.0 Å². The number of carbonyl (C=O) groups is 1. The van der Waals surface area contributed by atoms with E-state index in [-0.39, 0.29) is 18.6 Å². The van der Waals surface area contributed by atoms with Crippen LogP contribution in [0.15, 0.2) is 59.3 Å². The molecule has 8 heteroatoms. The van der Waals surface area contributed by atoms with Crippen molar-refractivity contribution in [1.29, 1.82) is 5.41 Å². The van der Waals surface area contributed by atoms with Crippen molar-refractivity contribution in [2.75, 3.05) is 48.7 Å². The SMILES string of the molecule is N=C(c1ccc(N2CCC(CO)CC2)cc1)c1cc(NC(=O)C(c2ccsc2)N2CCCC2)ccc1N. The van der Waals surface area contributed by atoms with E-state index in [1.165, 1.54) is 0 Å². The lowest BCUT2D eigenvalue weighted by atomic mass is 9.96. The van der Waals surface area contributed by atoms with Crippen molar-refractivity contribution in [2.24, 2.45) is 5.92 Å². The molecule has 1 atom stereocenters. The van der Waals surface area contributed by atoms with Gasteiger partial charge in [0.1, 0.15) is 6.04 Å². The molecule has 1 aromatic heterocycles. The van der Waals surface area contributed by atoms with Crippen LogP contribution in [0, 0.1) is 11.3 Å². The highest BCUT2D eigenvalue weighted by molar-refractivity contribution is 7.08. The van der Waals surface area contributed by atoms with Gasteiger partial charge in [0.2, 0.25) is 5.91 Å². The predicted octanol–water partition coefficient (Wildman–Crippen LogP) is 4.73. The molecule has 37 heavy (non-hydrogen) atoms. The van der Waals surface area contributed by atoms with Crippen molar-refractivity contribution in [1.82, 2.24) is 4.90 Å². The van der Waals surface area contributed by atoms with E-state index in [1.807, 2.05) is 41.1 Å². The Morgan fingerprint density at radius 2 is 1.81 bits per heavy atom. The molecule has 1 unspecified atom stereocenters. The van der Waals surface area contributed by atoms with E-state index < -0.39 is 0 Å². The maximum Gasteiger partial charge on any atom is 0.246 e. The van der Waals surface area contributed by atoms with Gasteiger partial charge in [-0.2, -0.15) is 11.3 Å². The topological polar surface area (TPSA) is 106 Å². The Kier molecular flexibility index (Phi) is 7.88. The van der Waals surface area contributed by atoms with E-state index >= 15 is 0 Å². The zero-order valence-electron chi connectivity index (χ0n) is 21.0. The number of thiophene rings is 1. The Labute approximate surface area is 222 Å². The molecule has 2 aromatic carbocycles. The fourth-order valence-electron chi connectivity index (χ4n) is 5.39. The predicted molar refractivity (Wildman–Crippen MR) is 152 cm³/mol. The van der Waals surface area contributed by atoms with E-state index in [9.17, 15) is 9.90 Å². The fourth-order valence-corrected chi connectivity index (χ4v) is 6.07. The Balaban J connectivity index is 1.30. The number of rotatable bonds is 8. The Bertz CT molecular complexity index is 1210. The van der Waals surface area contributed by atoms with Gasteiger partial charge in [-0.1, -0.05) is 12.1 Å². The summed E-state index contributed by atoms with van der Waals surface area (Å²) < 4.78 is 0. The van der Waals surface area contributed by atoms with Gasteiger partial charge in [0, 0.05) is 47.9 Å². The summed E-state index contributed by atoms with van der Waals surface area (Å²) in [6.45, 7) is 3.96. The molecule has 5 rings (SSSR count). The number of likely N-dealkylation sites (tertiary alicyclic amines) is 1. The minimum atomic E-state index is -0.316. The average Bonchev–Trinajstić information content (AvgIpc) is 3.65. The van der Waals surface area contributed by atoms with Crippen LogP contribution in [-0.2, 0) is 4.79 Å². The third-order valence-corrected chi connectivity index (χ3v) is 8.30. The van der Waals surface area contributed by atoms with Gasteiger partial charge in [0.25, 0.3) is 0 Å². The zero-order valence-corrected chi connectivity index (χ0v) is 21.8. The number of anilines is 3. The van der Waals surface area contributed by atoms with Crippen LogP contribution in [-0.4, -0.2) is 54.4 Å². The van der Waals surface area contributed by atoms with Gasteiger partial charge in [0.05, 0.1) is 5.71 Å². The van der Waals surface area contributed by atoms with Gasteiger partial charge in [-0.15, -0.1) is 0 Å². The minimum absolute atomic E-state index is 0.0585. The number of aliphatic hydroxyl groups excluding tert-OH is 1. The first-order valence-corrected chi connectivity index (χ1v) is 14.0. The monoisotopic (exact) mass is 517 g/mol. The van der Waals surface area contributed by atoms with Crippen LogP contribution < -0.4 is 16.0 Å². The third-order valence-electron chi connectivity index (χ3n) is 7.60. The first-order valence-electron chi connectivity index (χ1n) is 13.0. The van der Waals surface area contributed by atoms with Crippen molar-refractivity contribution in [2.45, 2.75) is 31.7 Å². The highest BCUT2D eigenvalue weighted by atomic mass is 32.1. The molecule has 0 saturated carbocycles. The van der Waals surface area contributed by atoms with Crippen molar-refractivity contribution < 1.29 is 9.90 Å². The highest BCUT2D eigenvalue weighted by Crippen LogP contribution is 2.30. The molecule has 3 heterocycles. The highest BCUT2D eigenvalue weighted by Gasteiger charge is 2.30. The van der Waals surface area contributed by atoms with Gasteiger partial charge in [0.15, 0.2) is 0 Å². The molecule has 3 aromatic rings. The fraction of sp³-hybridized carbons (Fsp3) is 0.379. The average molecular weight is 518 g/mol. The summed E-state index contributed by atoms with van der Waals surface area (Å²) in [4.78, 5) is 18.0. The van der Waals surface area contributed by atoms with E-state index in [1.54, 1.807) is 29.5 Å². The van der Waals surface area contributed by atoms with Gasteiger partial charge >= 0.3 is 0 Å². The molecule has 0 aliphatic carbocycles. The molecule has 2 aliphatic rings. The van der Waals surface area contributed by atoms with Crippen LogP contribution in [0.1, 0.15) is 48.4 Å². The molecule has 0 bridgehead atoms. The van der Waals surface area contributed by atoms with Gasteiger partial charge in [-0.05, 0) is 97.4 Å². The van der Waals surface area contributed by atoms with Crippen molar-refractivity contribution >= 4 is 40.0 Å². The lowest BCUT2D eigenvalue weighted by Crippen LogP contribution is -2.35. The minimum Gasteiger partial charge on any atom is -0.398 e. The Hall–Kier alpha value is -3.20. The molecular formula is C29H35N5O2S. The number of nitrogen functional groups attached to an aromatic ring is 1. The van der Waals surface area contributed by atoms with Gasteiger partial charge < -0.3 is 21.1 Å². The Morgan fingerprint density at radius 3 is 2.46 bits per heavy atom. The van der Waals surface area contributed by atoms with Crippen molar-refractivity contribution in [3.63, 3.8) is 0 Å². The lowest BCUT2D eigenvalue weighted by Gasteiger charge is -2.33. The molecule has 5 N–H and O–H groups in total. The largest absolute Gasteiger partial charge is 0.398 e. The standard InChI is InChI=1S/C29H35N5O2S/c30-26-8-5-23(32-29(36)28(22-11-16-37-19-22)34-12-1-2-13-34)17-25(26)27(31)21-3-6-24(7-4-21)33-14-9-20(18-35)10-15-33/h3-8,11,16-17,19-20,28,31,35H,1-2,9-10,12-15,18,30H2,(H,32,36). The van der Waals surface area contributed by atoms with Crippen LogP contribution in [0.25, 0.3) is 0 Å². The number of benzene rings is 2. The number of hydrogen-bond acceptors (Lipinski definition) is 7. The first-order chi connectivity index (χ1) is 18.0. The van der Waals surface area contributed by atoms with E-state index in [0.29, 0.717) is 28.6 Å². The van der Waals surface area contributed by atoms with E-state index in [4.69, 9.17) is 11.1 Å². The third kappa shape index (κ3) is 5.71. The summed E-state index contributed by atoms with van der Waals surface area (Å²) in [5, 5.41) is 25.4. The summed E-state index contributed by atoms with van der Waals surface area (Å²) >= 11 is 1.60. The van der Waals surface area contributed by atoms with Crippen LogP contribution in [0.5, 0.6) is 0 Å². The number of nitrogens with one attached hydrogen (secondary N) is 2. The molecule has 0 spiro atoms. The summed E-state index contributed by atoms with van der Waals surface area (Å²) in [6.07, 6.45) is 4.20. The molecular weight excluding hydrogens is 482 g/mol. The second-order valence-electron chi connectivity index (χ2n) is 10.0. The number of nitrogens with zero attached hydrogens (tertiary/aromatic N) is 2. The van der Waals surface area contributed by atoms with Crippen molar-refractivity contribution in [3.8, 4) is 0 Å². The van der Waals surface area contributed by atoms with E-state index in [0.717, 1.165) is 68.7 Å². The Morgan fingerprint density at radius 1 is 1.08 bits per heavy atom. The molecule has 2 aliphatic heterocycles. The molecule has 2 saturated heterocycles. The quantitative estimate of drug-likeness (QED) is 0.255.